The Morgan fingerprint density at radius 2 is 2.25 bits per heavy atom. The van der Waals surface area contributed by atoms with Crippen LogP contribution in [-0.2, 0) is 4.79 Å². The van der Waals surface area contributed by atoms with E-state index in [2.05, 4.69) is 0 Å². The van der Waals surface area contributed by atoms with E-state index in [1.807, 2.05) is 0 Å². The lowest BCUT2D eigenvalue weighted by Gasteiger charge is -1.50. The monoisotopic (exact) mass is 58.0 g/mol. The Labute approximate surface area is 24.1 Å². The number of aliphatic hydroxyl groups excluding tert-OH is 1. The van der Waals surface area contributed by atoms with E-state index in [4.69, 9.17) is 9.90 Å². The molecule has 0 spiro atoms. The van der Waals surface area contributed by atoms with Crippen molar-refractivity contribution in [3.05, 3.63) is 6.61 Å². The standard InChI is InChI=1S/C2H2O2/c3-1-2-4/h1,4H. The predicted octanol–water partition coefficient (Wildman–Crippen LogP) is -0.403. The van der Waals surface area contributed by atoms with Gasteiger partial charge in [0, 0.05) is 0 Å². The molecule has 0 saturated carbocycles. The zero-order valence-corrected chi connectivity index (χ0v) is 1.93. The number of rotatable bonds is 1. The molecule has 0 unspecified atom stereocenters. The minimum Gasteiger partial charge on any atom is -0.376 e. The van der Waals surface area contributed by atoms with E-state index in [0.717, 1.165) is 0 Å². The molecule has 0 rings (SSSR count). The zero-order chi connectivity index (χ0) is 3.41. The Morgan fingerprint density at radius 3 is 2.25 bits per heavy atom. The van der Waals surface area contributed by atoms with E-state index in [1.165, 1.54) is 6.61 Å². The lowest BCUT2D eigenvalue weighted by Crippen LogP contribution is -1.64. The third kappa shape index (κ3) is 1.63. The van der Waals surface area contributed by atoms with Gasteiger partial charge in [0.25, 0.3) is 0 Å². The molecular weight excluding hydrogens is 56.0 g/mol. The molecule has 0 amide bonds. The molecule has 0 bridgehead atoms. The molecule has 0 heterocycles. The quantitative estimate of drug-likeness (QED) is 0.416. The average Bonchev–Trinajstić information content (AvgIpc) is 1.37. The Balaban J connectivity index is 2.30. The molecule has 2 nitrogen and oxygen atoms in total. The minimum atomic E-state index is 0.181. The largest absolute Gasteiger partial charge is 0.376 e. The first-order chi connectivity index (χ1) is 1.91. The average molecular weight is 58.0 g/mol. The normalized spacial score (nSPS) is 6.25. The van der Waals surface area contributed by atoms with Crippen LogP contribution in [0.25, 0.3) is 0 Å². The molecule has 1 N–H and O–H groups in total. The van der Waals surface area contributed by atoms with Gasteiger partial charge < -0.3 is 5.11 Å². The Kier molecular flexibility index (Phi) is 2.39. The summed E-state index contributed by atoms with van der Waals surface area (Å²) in [5.74, 6) is 0. The van der Waals surface area contributed by atoms with Crippen molar-refractivity contribution >= 4 is 6.29 Å². The molecule has 0 aliphatic rings. The maximum Gasteiger partial charge on any atom is 0.198 e. The summed E-state index contributed by atoms with van der Waals surface area (Å²) in [5, 5.41) is 7.26. The SMILES string of the molecule is O=C[C]O. The lowest BCUT2D eigenvalue weighted by molar-refractivity contribution is -0.107. The fourth-order valence-corrected chi connectivity index (χ4v) is 0. The highest BCUT2D eigenvalue weighted by atomic mass is 16.3. The van der Waals surface area contributed by atoms with Crippen molar-refractivity contribution in [2.75, 3.05) is 0 Å². The first-order valence-electron chi connectivity index (χ1n) is 0.748. The van der Waals surface area contributed by atoms with Gasteiger partial charge in [0.05, 0.1) is 0 Å². The maximum atomic E-state index is 8.81. The van der Waals surface area contributed by atoms with Gasteiger partial charge in [0.1, 0.15) is 0 Å². The van der Waals surface area contributed by atoms with Crippen molar-refractivity contribution in [3.63, 3.8) is 0 Å². The molecule has 0 aromatic rings. The van der Waals surface area contributed by atoms with Crippen molar-refractivity contribution < 1.29 is 9.90 Å². The molecule has 0 fully saturated rings. The second kappa shape index (κ2) is 2.63. The summed E-state index contributed by atoms with van der Waals surface area (Å²) >= 11 is 0. The molecule has 0 aromatic heterocycles. The Bertz CT molecular complexity index is 18.0. The molecule has 0 atom stereocenters. The smallest absolute Gasteiger partial charge is 0.198 e. The summed E-state index contributed by atoms with van der Waals surface area (Å²) in [6.07, 6.45) is 0.181. The maximum absolute atomic E-state index is 8.81. The molecule has 2 heteroatoms. The molecule has 0 aliphatic carbocycles. The number of hydrogen-bond acceptors (Lipinski definition) is 2. The fourth-order valence-electron chi connectivity index (χ4n) is 0. The highest BCUT2D eigenvalue weighted by Gasteiger charge is 1.58. The summed E-state index contributed by atoms with van der Waals surface area (Å²) < 4.78 is 0. The second-order valence-electron chi connectivity index (χ2n) is 0.247. The molecule has 22 valence electrons. The van der Waals surface area contributed by atoms with Crippen molar-refractivity contribution in [1.29, 1.82) is 0 Å². The van der Waals surface area contributed by atoms with E-state index in [-0.39, 0.29) is 6.29 Å². The van der Waals surface area contributed by atoms with Gasteiger partial charge >= 0.3 is 0 Å². The van der Waals surface area contributed by atoms with Crippen LogP contribution in [0.4, 0.5) is 0 Å². The first kappa shape index (κ1) is 3.63. The number of carbonyl (C=O) groups is 1. The lowest BCUT2D eigenvalue weighted by atomic mass is 10.9. The number of aldehydes is 1. The highest BCUT2D eigenvalue weighted by molar-refractivity contribution is 5.57. The highest BCUT2D eigenvalue weighted by Crippen LogP contribution is 1.41. The van der Waals surface area contributed by atoms with Crippen molar-refractivity contribution in [2.24, 2.45) is 0 Å². The van der Waals surface area contributed by atoms with Gasteiger partial charge in [-0.2, -0.15) is 0 Å². The first-order valence-corrected chi connectivity index (χ1v) is 0.748. The third-order valence-corrected chi connectivity index (χ3v) is 0.0527. The van der Waals surface area contributed by atoms with Gasteiger partial charge in [-0.25, -0.2) is 0 Å². The van der Waals surface area contributed by atoms with Crippen LogP contribution >= 0.6 is 0 Å². The summed E-state index contributed by atoms with van der Waals surface area (Å²) in [5.41, 5.74) is 0. The number of hydrogen-bond donors (Lipinski definition) is 1. The summed E-state index contributed by atoms with van der Waals surface area (Å²) in [6.45, 7) is 1.25. The molecule has 0 aromatic carbocycles. The molecule has 4 heavy (non-hydrogen) atoms. The molecule has 0 aliphatic heterocycles. The minimum absolute atomic E-state index is 0.181. The van der Waals surface area contributed by atoms with Gasteiger partial charge in [-0.3, -0.25) is 4.79 Å². The van der Waals surface area contributed by atoms with E-state index in [9.17, 15) is 0 Å². The number of aliphatic hydroxyl groups is 1. The predicted molar refractivity (Wildman–Crippen MR) is 11.2 cm³/mol. The van der Waals surface area contributed by atoms with Crippen LogP contribution in [0.15, 0.2) is 0 Å². The third-order valence-electron chi connectivity index (χ3n) is 0.0527. The summed E-state index contributed by atoms with van der Waals surface area (Å²) in [4.78, 5) is 8.81. The van der Waals surface area contributed by atoms with Crippen LogP contribution in [-0.4, -0.2) is 11.4 Å². The van der Waals surface area contributed by atoms with Gasteiger partial charge in [-0.1, -0.05) is 0 Å². The van der Waals surface area contributed by atoms with E-state index in [0.29, 0.717) is 0 Å². The van der Waals surface area contributed by atoms with Crippen molar-refractivity contribution in [2.45, 2.75) is 0 Å². The van der Waals surface area contributed by atoms with Crippen LogP contribution in [0.3, 0.4) is 0 Å². The van der Waals surface area contributed by atoms with E-state index < -0.39 is 0 Å². The summed E-state index contributed by atoms with van der Waals surface area (Å²) in [6, 6.07) is 0. The van der Waals surface area contributed by atoms with Gasteiger partial charge in [0.2, 0.25) is 0 Å². The topological polar surface area (TPSA) is 37.3 Å². The Hall–Kier alpha value is -0.370. The van der Waals surface area contributed by atoms with Crippen LogP contribution in [0.5, 0.6) is 0 Å². The van der Waals surface area contributed by atoms with Crippen molar-refractivity contribution in [3.8, 4) is 0 Å². The van der Waals surface area contributed by atoms with Crippen LogP contribution < -0.4 is 0 Å². The molecular formula is C2H2O2. The molecule has 0 saturated heterocycles. The van der Waals surface area contributed by atoms with E-state index in [1.54, 1.807) is 0 Å². The van der Waals surface area contributed by atoms with Crippen molar-refractivity contribution in [1.82, 2.24) is 0 Å². The second-order valence-corrected chi connectivity index (χ2v) is 0.247. The summed E-state index contributed by atoms with van der Waals surface area (Å²) in [7, 11) is 0. The fraction of sp³-hybridized carbons (Fsp3) is 0. The Morgan fingerprint density at radius 1 is 2.00 bits per heavy atom. The van der Waals surface area contributed by atoms with Gasteiger partial charge in [-0.15, -0.1) is 0 Å². The molecule has 2 radical (unpaired) electrons. The van der Waals surface area contributed by atoms with Crippen LogP contribution in [0.1, 0.15) is 0 Å². The van der Waals surface area contributed by atoms with Crippen LogP contribution in [0.2, 0.25) is 0 Å². The van der Waals surface area contributed by atoms with Gasteiger partial charge in [0.15, 0.2) is 12.9 Å². The number of carbonyl (C=O) groups excluding carboxylic acids is 1. The zero-order valence-electron chi connectivity index (χ0n) is 1.93. The van der Waals surface area contributed by atoms with Crippen LogP contribution in [0, 0.1) is 6.61 Å². The van der Waals surface area contributed by atoms with Gasteiger partial charge in [-0.05, 0) is 0 Å². The van der Waals surface area contributed by atoms with E-state index >= 15 is 0 Å².